The summed E-state index contributed by atoms with van der Waals surface area (Å²) in [6.07, 6.45) is -0.681. The Morgan fingerprint density at radius 2 is 2.15 bits per heavy atom. The molecule has 0 heterocycles. The molecule has 1 rings (SSSR count). The predicted octanol–water partition coefficient (Wildman–Crippen LogP) is 1.62. The maximum atomic E-state index is 12.0. The van der Waals surface area contributed by atoms with Crippen LogP contribution in [0.15, 0.2) is 24.3 Å². The van der Waals surface area contributed by atoms with Crippen molar-refractivity contribution in [2.45, 2.75) is 20.4 Å². The molecule has 0 aliphatic rings. The largest absolute Gasteiger partial charge is 0.449 e. The second-order valence-corrected chi connectivity index (χ2v) is 4.29. The Hall–Kier alpha value is -2.08. The van der Waals surface area contributed by atoms with E-state index in [1.54, 1.807) is 6.92 Å². The fourth-order valence-electron chi connectivity index (χ4n) is 1.70. The summed E-state index contributed by atoms with van der Waals surface area (Å²) in [5.74, 6) is 0. The average molecular weight is 279 g/mol. The van der Waals surface area contributed by atoms with Gasteiger partial charge in [-0.15, -0.1) is 0 Å². The molecule has 0 spiro atoms. The van der Waals surface area contributed by atoms with Crippen LogP contribution in [-0.4, -0.2) is 36.7 Å². The standard InChI is InChI=1S/C14H21N3O3/c1-3-20-14(19)17(8-7-15)13(18)16-10-12-6-4-5-11(2)9-12/h4-6,9H,3,7-8,10,15H2,1-2H3,(H,16,18). The van der Waals surface area contributed by atoms with Crippen molar-refractivity contribution in [3.63, 3.8) is 0 Å². The van der Waals surface area contributed by atoms with Crippen LogP contribution in [0.2, 0.25) is 0 Å². The average Bonchev–Trinajstić information content (AvgIpc) is 2.42. The van der Waals surface area contributed by atoms with Crippen LogP contribution < -0.4 is 11.1 Å². The van der Waals surface area contributed by atoms with Gasteiger partial charge in [-0.3, -0.25) is 0 Å². The molecule has 0 fully saturated rings. The summed E-state index contributed by atoms with van der Waals surface area (Å²) in [7, 11) is 0. The molecule has 3 amide bonds. The van der Waals surface area contributed by atoms with Crippen molar-refractivity contribution in [3.8, 4) is 0 Å². The zero-order valence-electron chi connectivity index (χ0n) is 11.9. The Bertz CT molecular complexity index is 463. The molecule has 3 N–H and O–H groups in total. The van der Waals surface area contributed by atoms with Gasteiger partial charge < -0.3 is 15.8 Å². The lowest BCUT2D eigenvalue weighted by atomic mass is 10.1. The molecule has 6 nitrogen and oxygen atoms in total. The molecule has 0 radical (unpaired) electrons. The number of ether oxygens (including phenoxy) is 1. The maximum absolute atomic E-state index is 12.0. The van der Waals surface area contributed by atoms with Crippen LogP contribution in [0.1, 0.15) is 18.1 Å². The van der Waals surface area contributed by atoms with E-state index >= 15 is 0 Å². The van der Waals surface area contributed by atoms with E-state index in [0.29, 0.717) is 6.54 Å². The number of benzene rings is 1. The third kappa shape index (κ3) is 4.89. The first-order valence-corrected chi connectivity index (χ1v) is 6.56. The number of carbonyl (C=O) groups excluding carboxylic acids is 2. The highest BCUT2D eigenvalue weighted by molar-refractivity contribution is 5.90. The molecule has 0 saturated carbocycles. The molecule has 0 aliphatic heterocycles. The van der Waals surface area contributed by atoms with E-state index in [4.69, 9.17) is 10.5 Å². The molecule has 0 saturated heterocycles. The van der Waals surface area contributed by atoms with Gasteiger partial charge in [0.25, 0.3) is 0 Å². The van der Waals surface area contributed by atoms with Gasteiger partial charge in [0.1, 0.15) is 0 Å². The molecule has 1 aromatic rings. The lowest BCUT2D eigenvalue weighted by Crippen LogP contribution is -2.46. The van der Waals surface area contributed by atoms with E-state index < -0.39 is 12.1 Å². The second-order valence-electron chi connectivity index (χ2n) is 4.29. The van der Waals surface area contributed by atoms with Gasteiger partial charge in [0, 0.05) is 19.6 Å². The lowest BCUT2D eigenvalue weighted by Gasteiger charge is -2.19. The number of amides is 3. The Kier molecular flexibility index (Phi) is 6.52. The number of nitrogens with two attached hydrogens (primary N) is 1. The van der Waals surface area contributed by atoms with Gasteiger partial charge in [0.15, 0.2) is 0 Å². The minimum atomic E-state index is -0.681. The Morgan fingerprint density at radius 3 is 2.75 bits per heavy atom. The molecular formula is C14H21N3O3. The monoisotopic (exact) mass is 279 g/mol. The fraction of sp³-hybridized carbons (Fsp3) is 0.429. The number of rotatable bonds is 5. The van der Waals surface area contributed by atoms with E-state index in [1.807, 2.05) is 31.2 Å². The minimum absolute atomic E-state index is 0.123. The van der Waals surface area contributed by atoms with E-state index in [1.165, 1.54) is 0 Å². The summed E-state index contributed by atoms with van der Waals surface area (Å²) in [4.78, 5) is 24.6. The zero-order valence-corrected chi connectivity index (χ0v) is 11.9. The summed E-state index contributed by atoms with van der Waals surface area (Å²) in [5, 5.41) is 2.68. The number of urea groups is 1. The van der Waals surface area contributed by atoms with Gasteiger partial charge in [-0.05, 0) is 19.4 Å². The predicted molar refractivity (Wildman–Crippen MR) is 76.2 cm³/mol. The first-order valence-electron chi connectivity index (χ1n) is 6.56. The highest BCUT2D eigenvalue weighted by atomic mass is 16.6. The molecule has 0 atom stereocenters. The summed E-state index contributed by atoms with van der Waals surface area (Å²) in [6, 6.07) is 7.27. The van der Waals surface area contributed by atoms with E-state index in [9.17, 15) is 9.59 Å². The van der Waals surface area contributed by atoms with Crippen molar-refractivity contribution in [2.24, 2.45) is 5.73 Å². The number of aryl methyl sites for hydroxylation is 1. The fourth-order valence-corrected chi connectivity index (χ4v) is 1.70. The number of nitrogens with zero attached hydrogens (tertiary/aromatic N) is 1. The molecule has 0 aliphatic carbocycles. The first-order chi connectivity index (χ1) is 9.58. The first kappa shape index (κ1) is 16.0. The minimum Gasteiger partial charge on any atom is -0.449 e. The molecule has 110 valence electrons. The van der Waals surface area contributed by atoms with E-state index in [2.05, 4.69) is 5.32 Å². The SMILES string of the molecule is CCOC(=O)N(CCN)C(=O)NCc1cccc(C)c1. The Labute approximate surface area is 118 Å². The van der Waals surface area contributed by atoms with Gasteiger partial charge >= 0.3 is 12.1 Å². The molecule has 0 unspecified atom stereocenters. The summed E-state index contributed by atoms with van der Waals surface area (Å²) in [6.45, 7) is 4.54. The van der Waals surface area contributed by atoms with Crippen molar-refractivity contribution in [1.82, 2.24) is 10.2 Å². The topological polar surface area (TPSA) is 84.7 Å². The highest BCUT2D eigenvalue weighted by Crippen LogP contribution is 2.04. The van der Waals surface area contributed by atoms with Crippen molar-refractivity contribution in [1.29, 1.82) is 0 Å². The van der Waals surface area contributed by atoms with Gasteiger partial charge in [0.05, 0.1) is 6.61 Å². The number of imide groups is 1. The van der Waals surface area contributed by atoms with Crippen LogP contribution in [-0.2, 0) is 11.3 Å². The summed E-state index contributed by atoms with van der Waals surface area (Å²) < 4.78 is 4.82. The van der Waals surface area contributed by atoms with Gasteiger partial charge in [0.2, 0.25) is 0 Å². The van der Waals surface area contributed by atoms with Crippen LogP contribution in [0, 0.1) is 6.92 Å². The van der Waals surface area contributed by atoms with E-state index in [-0.39, 0.29) is 19.7 Å². The number of hydrogen-bond donors (Lipinski definition) is 2. The van der Waals surface area contributed by atoms with Gasteiger partial charge in [-0.1, -0.05) is 29.8 Å². The number of carbonyl (C=O) groups is 2. The zero-order chi connectivity index (χ0) is 15.0. The quantitative estimate of drug-likeness (QED) is 0.857. The summed E-state index contributed by atoms with van der Waals surface area (Å²) >= 11 is 0. The number of hydrogen-bond acceptors (Lipinski definition) is 4. The van der Waals surface area contributed by atoms with E-state index in [0.717, 1.165) is 16.0 Å². The Balaban J connectivity index is 2.59. The normalized spacial score (nSPS) is 9.95. The van der Waals surface area contributed by atoms with Gasteiger partial charge in [-0.2, -0.15) is 0 Å². The second kappa shape index (κ2) is 8.16. The summed E-state index contributed by atoms with van der Waals surface area (Å²) in [5.41, 5.74) is 7.48. The molecule has 20 heavy (non-hydrogen) atoms. The van der Waals surface area contributed by atoms with Crippen LogP contribution in [0.25, 0.3) is 0 Å². The van der Waals surface area contributed by atoms with Crippen LogP contribution in [0.3, 0.4) is 0 Å². The maximum Gasteiger partial charge on any atom is 0.418 e. The molecule has 0 aromatic heterocycles. The Morgan fingerprint density at radius 1 is 1.40 bits per heavy atom. The highest BCUT2D eigenvalue weighted by Gasteiger charge is 2.21. The molecule has 0 bridgehead atoms. The van der Waals surface area contributed by atoms with Crippen molar-refractivity contribution >= 4 is 12.1 Å². The van der Waals surface area contributed by atoms with Crippen LogP contribution >= 0.6 is 0 Å². The van der Waals surface area contributed by atoms with Crippen molar-refractivity contribution in [3.05, 3.63) is 35.4 Å². The van der Waals surface area contributed by atoms with Crippen LogP contribution in [0.5, 0.6) is 0 Å². The molecular weight excluding hydrogens is 258 g/mol. The molecule has 1 aromatic carbocycles. The number of nitrogens with one attached hydrogen (secondary N) is 1. The lowest BCUT2D eigenvalue weighted by molar-refractivity contribution is 0.115. The third-order valence-corrected chi connectivity index (χ3v) is 2.61. The third-order valence-electron chi connectivity index (χ3n) is 2.61. The van der Waals surface area contributed by atoms with Crippen molar-refractivity contribution in [2.75, 3.05) is 19.7 Å². The smallest absolute Gasteiger partial charge is 0.418 e. The van der Waals surface area contributed by atoms with Crippen LogP contribution in [0.4, 0.5) is 9.59 Å². The molecule has 6 heteroatoms. The van der Waals surface area contributed by atoms with Gasteiger partial charge in [-0.25, -0.2) is 14.5 Å². The van der Waals surface area contributed by atoms with Crippen molar-refractivity contribution < 1.29 is 14.3 Å².